The number of esters is 2. The van der Waals surface area contributed by atoms with Gasteiger partial charge in [0.25, 0.3) is 0 Å². The van der Waals surface area contributed by atoms with E-state index in [1.165, 1.54) is 14.2 Å². The van der Waals surface area contributed by atoms with Crippen molar-refractivity contribution in [2.75, 3.05) is 14.2 Å². The van der Waals surface area contributed by atoms with Crippen LogP contribution in [0.25, 0.3) is 0 Å². The molecule has 2 atom stereocenters. The minimum Gasteiger partial charge on any atom is -0.489 e. The zero-order valence-corrected chi connectivity index (χ0v) is 17.1. The van der Waals surface area contributed by atoms with Crippen LogP contribution in [-0.2, 0) is 15.9 Å². The third-order valence-electron chi connectivity index (χ3n) is 4.61. The number of methoxy groups -OCH3 is 2. The summed E-state index contributed by atoms with van der Waals surface area (Å²) in [6, 6.07) is 14.0. The summed E-state index contributed by atoms with van der Waals surface area (Å²) < 4.78 is 15.7. The smallest absolute Gasteiger partial charge is 0.341 e. The molecule has 2 rings (SSSR count). The molecular weight excluding hydrogens is 372 g/mol. The number of carbonyl (C=O) groups is 2. The van der Waals surface area contributed by atoms with E-state index in [-0.39, 0.29) is 6.10 Å². The molecule has 0 aliphatic heterocycles. The first-order valence-electron chi connectivity index (χ1n) is 9.68. The van der Waals surface area contributed by atoms with Gasteiger partial charge in [0.05, 0.1) is 25.9 Å². The second-order valence-electron chi connectivity index (χ2n) is 6.76. The number of carbonyl (C=O) groups excluding carboxylic acids is 2. The van der Waals surface area contributed by atoms with Crippen molar-refractivity contribution < 1.29 is 28.9 Å². The van der Waals surface area contributed by atoms with Crippen LogP contribution in [0.5, 0.6) is 5.75 Å². The monoisotopic (exact) mass is 400 g/mol. The van der Waals surface area contributed by atoms with Crippen LogP contribution in [0, 0.1) is 0 Å². The molecule has 0 heterocycles. The summed E-state index contributed by atoms with van der Waals surface area (Å²) in [6.07, 6.45) is 1.22. The maximum Gasteiger partial charge on any atom is 0.341 e. The van der Waals surface area contributed by atoms with Crippen molar-refractivity contribution in [1.29, 1.82) is 0 Å². The molecule has 6 heteroatoms. The highest BCUT2D eigenvalue weighted by Gasteiger charge is 2.21. The SMILES string of the molecule is CCCC(CC(O)Cc1ccccc1C(=O)OC)Oc1ccccc1C(=O)OC. The van der Waals surface area contributed by atoms with Crippen molar-refractivity contribution >= 4 is 11.9 Å². The van der Waals surface area contributed by atoms with Gasteiger partial charge in [-0.3, -0.25) is 0 Å². The van der Waals surface area contributed by atoms with Gasteiger partial charge in [-0.25, -0.2) is 9.59 Å². The predicted octanol–water partition coefficient (Wildman–Crippen LogP) is 3.80. The van der Waals surface area contributed by atoms with Gasteiger partial charge in [0.1, 0.15) is 17.4 Å². The molecule has 6 nitrogen and oxygen atoms in total. The van der Waals surface area contributed by atoms with Crippen LogP contribution < -0.4 is 4.74 Å². The second kappa shape index (κ2) is 11.2. The highest BCUT2D eigenvalue weighted by Crippen LogP contribution is 2.24. The molecule has 2 unspecified atom stereocenters. The summed E-state index contributed by atoms with van der Waals surface area (Å²) in [6.45, 7) is 2.03. The number of hydrogen-bond donors (Lipinski definition) is 1. The highest BCUT2D eigenvalue weighted by atomic mass is 16.5. The second-order valence-corrected chi connectivity index (χ2v) is 6.76. The van der Waals surface area contributed by atoms with Crippen LogP contribution in [0.4, 0.5) is 0 Å². The largest absolute Gasteiger partial charge is 0.489 e. The number of para-hydroxylation sites is 1. The van der Waals surface area contributed by atoms with E-state index in [0.29, 0.717) is 36.1 Å². The Labute approximate surface area is 171 Å². The lowest BCUT2D eigenvalue weighted by atomic mass is 9.97. The van der Waals surface area contributed by atoms with E-state index in [1.54, 1.807) is 42.5 Å². The van der Waals surface area contributed by atoms with Crippen LogP contribution >= 0.6 is 0 Å². The quantitative estimate of drug-likeness (QED) is 0.611. The fraction of sp³-hybridized carbons (Fsp3) is 0.391. The number of hydrogen-bond acceptors (Lipinski definition) is 6. The van der Waals surface area contributed by atoms with E-state index in [0.717, 1.165) is 12.0 Å². The van der Waals surface area contributed by atoms with Gasteiger partial charge in [-0.2, -0.15) is 0 Å². The number of benzene rings is 2. The zero-order chi connectivity index (χ0) is 21.2. The van der Waals surface area contributed by atoms with Crippen molar-refractivity contribution in [2.24, 2.45) is 0 Å². The molecule has 0 bridgehead atoms. The summed E-state index contributed by atoms with van der Waals surface area (Å²) in [5.41, 5.74) is 1.51. The Hall–Kier alpha value is -2.86. The maximum atomic E-state index is 12.0. The molecule has 0 saturated heterocycles. The summed E-state index contributed by atoms with van der Waals surface area (Å²) >= 11 is 0. The van der Waals surface area contributed by atoms with Crippen molar-refractivity contribution in [1.82, 2.24) is 0 Å². The Balaban J connectivity index is 2.12. The molecule has 0 aromatic heterocycles. The lowest BCUT2D eigenvalue weighted by Crippen LogP contribution is -2.26. The van der Waals surface area contributed by atoms with Crippen LogP contribution in [0.2, 0.25) is 0 Å². The molecule has 0 spiro atoms. The lowest BCUT2D eigenvalue weighted by Gasteiger charge is -2.23. The van der Waals surface area contributed by atoms with E-state index < -0.39 is 18.0 Å². The summed E-state index contributed by atoms with van der Waals surface area (Å²) in [5, 5.41) is 10.7. The average Bonchev–Trinajstić information content (AvgIpc) is 2.73. The molecule has 0 aliphatic rings. The number of ether oxygens (including phenoxy) is 3. The van der Waals surface area contributed by atoms with Crippen molar-refractivity contribution in [3.05, 3.63) is 65.2 Å². The van der Waals surface area contributed by atoms with Gasteiger partial charge in [-0.1, -0.05) is 43.7 Å². The first-order chi connectivity index (χ1) is 14.0. The van der Waals surface area contributed by atoms with E-state index in [1.807, 2.05) is 13.0 Å². The Kier molecular flexibility index (Phi) is 8.68. The van der Waals surface area contributed by atoms with E-state index in [9.17, 15) is 14.7 Å². The zero-order valence-electron chi connectivity index (χ0n) is 17.1. The van der Waals surface area contributed by atoms with E-state index in [4.69, 9.17) is 14.2 Å². The van der Waals surface area contributed by atoms with Crippen molar-refractivity contribution in [3.63, 3.8) is 0 Å². The lowest BCUT2D eigenvalue weighted by molar-refractivity contribution is 0.0583. The number of aliphatic hydroxyl groups excluding tert-OH is 1. The summed E-state index contributed by atoms with van der Waals surface area (Å²) in [7, 11) is 2.66. The minimum absolute atomic E-state index is 0.286. The molecule has 29 heavy (non-hydrogen) atoms. The van der Waals surface area contributed by atoms with E-state index >= 15 is 0 Å². The topological polar surface area (TPSA) is 82.1 Å². The Morgan fingerprint density at radius 1 is 0.931 bits per heavy atom. The third kappa shape index (κ3) is 6.32. The van der Waals surface area contributed by atoms with Gasteiger partial charge in [-0.05, 0) is 36.6 Å². The molecule has 0 fully saturated rings. The number of aliphatic hydroxyl groups is 1. The highest BCUT2D eigenvalue weighted by molar-refractivity contribution is 5.92. The first-order valence-corrected chi connectivity index (χ1v) is 9.68. The standard InChI is InChI=1S/C23H28O6/c1-4-9-18(29-21-13-8-7-12-20(21)23(26)28-3)15-17(24)14-16-10-5-6-11-19(16)22(25)27-2/h5-8,10-13,17-18,24H,4,9,14-15H2,1-3H3. The van der Waals surface area contributed by atoms with Crippen LogP contribution in [0.3, 0.4) is 0 Å². The van der Waals surface area contributed by atoms with Gasteiger partial charge in [0, 0.05) is 6.42 Å². The third-order valence-corrected chi connectivity index (χ3v) is 4.61. The number of rotatable bonds is 10. The minimum atomic E-state index is -0.720. The molecule has 0 saturated carbocycles. The Morgan fingerprint density at radius 3 is 2.17 bits per heavy atom. The van der Waals surface area contributed by atoms with Crippen LogP contribution in [-0.4, -0.2) is 43.5 Å². The summed E-state index contributed by atoms with van der Waals surface area (Å²) in [4.78, 5) is 23.9. The van der Waals surface area contributed by atoms with Crippen molar-refractivity contribution in [3.8, 4) is 5.75 Å². The Bertz CT molecular complexity index is 817. The fourth-order valence-corrected chi connectivity index (χ4v) is 3.22. The predicted molar refractivity (Wildman–Crippen MR) is 109 cm³/mol. The molecule has 0 radical (unpaired) electrons. The molecule has 2 aromatic rings. The van der Waals surface area contributed by atoms with Gasteiger partial charge in [0.15, 0.2) is 0 Å². The first kappa shape index (κ1) is 22.4. The summed E-state index contributed by atoms with van der Waals surface area (Å²) in [5.74, 6) is -0.468. The maximum absolute atomic E-state index is 12.0. The molecule has 0 amide bonds. The molecule has 0 aliphatic carbocycles. The average molecular weight is 400 g/mol. The molecule has 1 N–H and O–H groups in total. The Morgan fingerprint density at radius 2 is 1.52 bits per heavy atom. The van der Waals surface area contributed by atoms with Gasteiger partial charge >= 0.3 is 11.9 Å². The van der Waals surface area contributed by atoms with Crippen LogP contribution in [0.15, 0.2) is 48.5 Å². The van der Waals surface area contributed by atoms with Crippen LogP contribution in [0.1, 0.15) is 52.5 Å². The van der Waals surface area contributed by atoms with Crippen molar-refractivity contribution in [2.45, 2.75) is 44.8 Å². The van der Waals surface area contributed by atoms with Gasteiger partial charge in [-0.15, -0.1) is 0 Å². The van der Waals surface area contributed by atoms with Gasteiger partial charge < -0.3 is 19.3 Å². The normalized spacial score (nSPS) is 12.7. The molecule has 2 aromatic carbocycles. The van der Waals surface area contributed by atoms with Gasteiger partial charge in [0.2, 0.25) is 0 Å². The van der Waals surface area contributed by atoms with E-state index in [2.05, 4.69) is 0 Å². The molecule has 156 valence electrons. The molecular formula is C23H28O6. The fourth-order valence-electron chi connectivity index (χ4n) is 3.22.